The second kappa shape index (κ2) is 7.30. The molecule has 0 unspecified atom stereocenters. The molecule has 0 radical (unpaired) electrons. The molecule has 7 heteroatoms. The number of hydrogen-bond acceptors (Lipinski definition) is 4. The zero-order valence-electron chi connectivity index (χ0n) is 13.0. The molecule has 0 fully saturated rings. The molecule has 0 spiro atoms. The van der Waals surface area contributed by atoms with Gasteiger partial charge in [-0.25, -0.2) is 0 Å². The van der Waals surface area contributed by atoms with Crippen LogP contribution in [-0.4, -0.2) is 31.2 Å². The van der Waals surface area contributed by atoms with Crippen molar-refractivity contribution < 1.29 is 14.3 Å². The first-order valence-electron chi connectivity index (χ1n) is 7.32. The first-order chi connectivity index (χ1) is 11.5. The summed E-state index contributed by atoms with van der Waals surface area (Å²) in [5.74, 6) is 1.34. The number of rotatable bonds is 5. The van der Waals surface area contributed by atoms with E-state index in [9.17, 15) is 4.79 Å². The predicted molar refractivity (Wildman–Crippen MR) is 94.0 cm³/mol. The number of fused-ring (bicyclic) bond motifs is 1. The van der Waals surface area contributed by atoms with Crippen molar-refractivity contribution in [1.82, 2.24) is 4.90 Å². The Morgan fingerprint density at radius 1 is 1.12 bits per heavy atom. The summed E-state index contributed by atoms with van der Waals surface area (Å²) in [5.41, 5.74) is 1.62. The fourth-order valence-electron chi connectivity index (χ4n) is 2.48. The SMILES string of the molecule is CN(CC(=O)Nc1cc(Cl)cc(Cl)c1)Cc1ccc2c(c1)OCO2. The first-order valence-corrected chi connectivity index (χ1v) is 8.08. The number of nitrogens with zero attached hydrogens (tertiary/aromatic N) is 1. The van der Waals surface area contributed by atoms with E-state index in [2.05, 4.69) is 5.32 Å². The van der Waals surface area contributed by atoms with Crippen molar-refractivity contribution in [2.75, 3.05) is 25.7 Å². The normalized spacial score (nSPS) is 12.5. The van der Waals surface area contributed by atoms with Gasteiger partial charge < -0.3 is 14.8 Å². The van der Waals surface area contributed by atoms with Crippen molar-refractivity contribution in [3.05, 3.63) is 52.0 Å². The molecule has 0 aliphatic carbocycles. The Morgan fingerprint density at radius 2 is 1.83 bits per heavy atom. The van der Waals surface area contributed by atoms with Crippen LogP contribution >= 0.6 is 23.2 Å². The molecule has 24 heavy (non-hydrogen) atoms. The summed E-state index contributed by atoms with van der Waals surface area (Å²) in [4.78, 5) is 14.0. The Labute approximate surface area is 150 Å². The van der Waals surface area contributed by atoms with Crippen LogP contribution in [0.5, 0.6) is 11.5 Å². The van der Waals surface area contributed by atoms with Gasteiger partial charge >= 0.3 is 0 Å². The van der Waals surface area contributed by atoms with Crippen LogP contribution < -0.4 is 14.8 Å². The summed E-state index contributed by atoms with van der Waals surface area (Å²) in [6, 6.07) is 10.7. The zero-order valence-corrected chi connectivity index (χ0v) is 14.5. The number of anilines is 1. The van der Waals surface area contributed by atoms with Gasteiger partial charge in [0.1, 0.15) is 0 Å². The van der Waals surface area contributed by atoms with Gasteiger partial charge in [0.2, 0.25) is 12.7 Å². The van der Waals surface area contributed by atoms with Gasteiger partial charge in [0.25, 0.3) is 0 Å². The lowest BCUT2D eigenvalue weighted by Crippen LogP contribution is -2.29. The summed E-state index contributed by atoms with van der Waals surface area (Å²) in [5, 5.41) is 3.74. The van der Waals surface area contributed by atoms with Gasteiger partial charge in [0, 0.05) is 22.3 Å². The Hall–Kier alpha value is -1.95. The third-order valence-corrected chi connectivity index (χ3v) is 3.89. The van der Waals surface area contributed by atoms with Crippen molar-refractivity contribution in [3.63, 3.8) is 0 Å². The second-order valence-electron chi connectivity index (χ2n) is 5.57. The van der Waals surface area contributed by atoms with Crippen LogP contribution in [0.4, 0.5) is 5.69 Å². The van der Waals surface area contributed by atoms with Gasteiger partial charge in [-0.15, -0.1) is 0 Å². The molecule has 0 aromatic heterocycles. The largest absolute Gasteiger partial charge is 0.454 e. The van der Waals surface area contributed by atoms with E-state index in [4.69, 9.17) is 32.7 Å². The topological polar surface area (TPSA) is 50.8 Å². The number of nitrogens with one attached hydrogen (secondary N) is 1. The maximum Gasteiger partial charge on any atom is 0.238 e. The zero-order chi connectivity index (χ0) is 17.1. The van der Waals surface area contributed by atoms with Crippen LogP contribution in [0, 0.1) is 0 Å². The van der Waals surface area contributed by atoms with Crippen molar-refractivity contribution in [3.8, 4) is 11.5 Å². The van der Waals surface area contributed by atoms with Gasteiger partial charge in [0.15, 0.2) is 11.5 Å². The van der Waals surface area contributed by atoms with Crippen molar-refractivity contribution >= 4 is 34.8 Å². The molecule has 1 heterocycles. The molecule has 0 atom stereocenters. The minimum Gasteiger partial charge on any atom is -0.454 e. The molecule has 0 saturated heterocycles. The Kier molecular flexibility index (Phi) is 5.14. The number of carbonyl (C=O) groups excluding carboxylic acids is 1. The maximum atomic E-state index is 12.1. The fourth-order valence-corrected chi connectivity index (χ4v) is 3.00. The molecular weight excluding hydrogens is 351 g/mol. The highest BCUT2D eigenvalue weighted by Crippen LogP contribution is 2.32. The van der Waals surface area contributed by atoms with Crippen LogP contribution in [0.2, 0.25) is 10.0 Å². The number of benzene rings is 2. The maximum absolute atomic E-state index is 12.1. The molecule has 1 amide bonds. The molecule has 1 aliphatic heterocycles. The third kappa shape index (κ3) is 4.32. The average molecular weight is 367 g/mol. The minimum atomic E-state index is -0.142. The smallest absolute Gasteiger partial charge is 0.238 e. The van der Waals surface area contributed by atoms with Crippen LogP contribution in [0.15, 0.2) is 36.4 Å². The molecule has 0 bridgehead atoms. The van der Waals surface area contributed by atoms with E-state index in [0.29, 0.717) is 22.3 Å². The lowest BCUT2D eigenvalue weighted by atomic mass is 10.2. The average Bonchev–Trinajstić information content (AvgIpc) is 2.93. The van der Waals surface area contributed by atoms with Gasteiger partial charge in [0.05, 0.1) is 6.54 Å². The molecule has 1 aliphatic rings. The molecule has 3 rings (SSSR count). The number of amides is 1. The van der Waals surface area contributed by atoms with Gasteiger partial charge in [-0.1, -0.05) is 29.3 Å². The van der Waals surface area contributed by atoms with Crippen molar-refractivity contribution in [1.29, 1.82) is 0 Å². The van der Waals surface area contributed by atoms with Gasteiger partial charge in [-0.2, -0.15) is 0 Å². The number of ether oxygens (including phenoxy) is 2. The number of halogens is 2. The fraction of sp³-hybridized carbons (Fsp3) is 0.235. The first kappa shape index (κ1) is 16.9. The lowest BCUT2D eigenvalue weighted by Gasteiger charge is -2.16. The van der Waals surface area contributed by atoms with E-state index < -0.39 is 0 Å². The van der Waals surface area contributed by atoms with Crippen molar-refractivity contribution in [2.24, 2.45) is 0 Å². The Bertz CT molecular complexity index is 747. The molecule has 5 nitrogen and oxygen atoms in total. The monoisotopic (exact) mass is 366 g/mol. The van der Waals surface area contributed by atoms with E-state index >= 15 is 0 Å². The molecule has 2 aromatic carbocycles. The predicted octanol–water partition coefficient (Wildman–Crippen LogP) is 3.79. The Balaban J connectivity index is 1.56. The van der Waals surface area contributed by atoms with Crippen LogP contribution in [0.1, 0.15) is 5.56 Å². The summed E-state index contributed by atoms with van der Waals surface area (Å²) in [6.07, 6.45) is 0. The summed E-state index contributed by atoms with van der Waals surface area (Å²) in [7, 11) is 1.87. The van der Waals surface area contributed by atoms with Crippen LogP contribution in [-0.2, 0) is 11.3 Å². The highest BCUT2D eigenvalue weighted by atomic mass is 35.5. The summed E-state index contributed by atoms with van der Waals surface area (Å²) >= 11 is 11.8. The van der Waals surface area contributed by atoms with E-state index in [-0.39, 0.29) is 19.2 Å². The quantitative estimate of drug-likeness (QED) is 0.874. The highest BCUT2D eigenvalue weighted by Gasteiger charge is 2.14. The summed E-state index contributed by atoms with van der Waals surface area (Å²) < 4.78 is 10.6. The van der Waals surface area contributed by atoms with E-state index in [0.717, 1.165) is 17.1 Å². The molecule has 0 saturated carbocycles. The minimum absolute atomic E-state index is 0.142. The van der Waals surface area contributed by atoms with Crippen molar-refractivity contribution in [2.45, 2.75) is 6.54 Å². The summed E-state index contributed by atoms with van der Waals surface area (Å²) in [6.45, 7) is 1.10. The van der Waals surface area contributed by atoms with Crippen LogP contribution in [0.3, 0.4) is 0 Å². The molecule has 126 valence electrons. The van der Waals surface area contributed by atoms with Gasteiger partial charge in [-0.05, 0) is 42.9 Å². The van der Waals surface area contributed by atoms with Gasteiger partial charge in [-0.3, -0.25) is 9.69 Å². The van der Waals surface area contributed by atoms with E-state index in [1.54, 1.807) is 18.2 Å². The standard InChI is InChI=1S/C17H16Cl2N2O3/c1-21(8-11-2-3-15-16(4-11)24-10-23-15)9-17(22)20-14-6-12(18)5-13(19)7-14/h2-7H,8-10H2,1H3,(H,20,22). The lowest BCUT2D eigenvalue weighted by molar-refractivity contribution is -0.117. The molecular formula is C17H16Cl2N2O3. The third-order valence-electron chi connectivity index (χ3n) is 3.45. The van der Waals surface area contributed by atoms with Crippen LogP contribution in [0.25, 0.3) is 0 Å². The van der Waals surface area contributed by atoms with E-state index in [1.807, 2.05) is 30.1 Å². The molecule has 1 N–H and O–H groups in total. The highest BCUT2D eigenvalue weighted by molar-refractivity contribution is 6.35. The number of hydrogen-bond donors (Lipinski definition) is 1. The Morgan fingerprint density at radius 3 is 2.58 bits per heavy atom. The molecule has 2 aromatic rings. The second-order valence-corrected chi connectivity index (χ2v) is 6.44. The van der Waals surface area contributed by atoms with E-state index in [1.165, 1.54) is 0 Å². The number of carbonyl (C=O) groups is 1. The number of likely N-dealkylation sites (N-methyl/N-ethyl adjacent to an activating group) is 1.